The van der Waals surface area contributed by atoms with Gasteiger partial charge in [-0.15, -0.1) is 0 Å². The Kier molecular flexibility index (Phi) is 1.71. The number of rotatable bonds is 1. The quantitative estimate of drug-likeness (QED) is 0.779. The second-order valence-corrected chi connectivity index (χ2v) is 11.8. The molecule has 138 valence electrons. The summed E-state index contributed by atoms with van der Waals surface area (Å²) in [6, 6.07) is 0.748. The zero-order valence-corrected chi connectivity index (χ0v) is 16.0. The molecule has 1 aromatic heterocycles. The van der Waals surface area contributed by atoms with Crippen LogP contribution in [-0.4, -0.2) is 13.9 Å². The largest absolute Gasteiger partial charge is 0.347 e. The van der Waals surface area contributed by atoms with Crippen molar-refractivity contribution in [3.8, 4) is 0 Å². The van der Waals surface area contributed by atoms with Crippen LogP contribution in [-0.2, 0) is 0 Å². The molecule has 6 aliphatic carbocycles. The Morgan fingerprint density at radius 2 is 1.65 bits per heavy atom. The van der Waals surface area contributed by atoms with Gasteiger partial charge in [0.15, 0.2) is 0 Å². The van der Waals surface area contributed by atoms with Crippen LogP contribution in [0.25, 0.3) is 0 Å². The maximum absolute atomic E-state index is 13.6. The number of hydrogen-bond donors (Lipinski definition) is 0. The van der Waals surface area contributed by atoms with Gasteiger partial charge in [0, 0.05) is 6.04 Å². The highest BCUT2D eigenvalue weighted by Gasteiger charge is 2.95. The van der Waals surface area contributed by atoms with Gasteiger partial charge in [-0.05, 0) is 71.0 Å². The van der Waals surface area contributed by atoms with Crippen LogP contribution in [0.1, 0.15) is 65.1 Å². The normalized spacial score (nSPS) is 62.7. The van der Waals surface area contributed by atoms with Gasteiger partial charge in [-0.1, -0.05) is 27.7 Å². The third-order valence-electron chi connectivity index (χ3n) is 12.0. The van der Waals surface area contributed by atoms with Gasteiger partial charge in [-0.2, -0.15) is 0 Å². The van der Waals surface area contributed by atoms with Gasteiger partial charge in [-0.25, -0.2) is 23.5 Å². The van der Waals surface area contributed by atoms with Crippen LogP contribution in [0.4, 0.5) is 0 Å². The highest BCUT2D eigenvalue weighted by Crippen LogP contribution is 2.96. The molecule has 3 heterocycles. The Bertz CT molecular complexity index is 1060. The lowest BCUT2D eigenvalue weighted by atomic mass is 9.11. The molecule has 0 aromatic carbocycles. The average Bonchev–Trinajstić information content (AvgIpc) is 2.99. The second-order valence-electron chi connectivity index (χ2n) is 11.8. The zero-order chi connectivity index (χ0) is 17.7. The molecular weight excluding hydrogens is 326 g/mol. The number of fused-ring (bicyclic) bond motifs is 2. The summed E-state index contributed by atoms with van der Waals surface area (Å²) in [4.78, 5) is 27.1. The van der Waals surface area contributed by atoms with Gasteiger partial charge in [0.05, 0.1) is 12.1 Å². The van der Waals surface area contributed by atoms with Crippen molar-refractivity contribution in [1.82, 2.24) is 13.9 Å². The summed E-state index contributed by atoms with van der Waals surface area (Å²) in [7, 11) is 0. The van der Waals surface area contributed by atoms with Crippen LogP contribution in [0.2, 0.25) is 0 Å². The molecule has 6 fully saturated rings. The third kappa shape index (κ3) is 0.861. The smallest absolute Gasteiger partial charge is 0.246 e. The van der Waals surface area contributed by atoms with Gasteiger partial charge in [0.2, 0.25) is 0 Å². The first-order valence-electron chi connectivity index (χ1n) is 10.7. The first-order chi connectivity index (χ1) is 12.3. The van der Waals surface area contributed by atoms with Crippen molar-refractivity contribution in [2.75, 3.05) is 0 Å². The van der Waals surface area contributed by atoms with Crippen LogP contribution in [0.3, 0.4) is 0 Å². The average molecular weight is 353 g/mol. The second kappa shape index (κ2) is 3.22. The van der Waals surface area contributed by atoms with Crippen molar-refractivity contribution in [2.45, 2.75) is 65.1 Å². The van der Waals surface area contributed by atoms with E-state index in [9.17, 15) is 9.59 Å². The third-order valence-corrected chi connectivity index (χ3v) is 12.0. The minimum absolute atomic E-state index is 0.0199. The monoisotopic (exact) mass is 353 g/mol. The lowest BCUT2D eigenvalue weighted by Crippen LogP contribution is -2.95. The van der Waals surface area contributed by atoms with E-state index in [1.807, 2.05) is 9.36 Å². The standard InChI is InChI=1S/C21H27N3O2/c1-19(2)8-5-6-20(19,3)9(7-8)22-17(25)23-15-10-11-13-12(10)16(24(23)18(22)26)21(13,4)14(11)15/h8-16H,5-7H2,1-4H3. The molecule has 8 aliphatic rings. The summed E-state index contributed by atoms with van der Waals surface area (Å²) < 4.78 is 5.64. The van der Waals surface area contributed by atoms with Crippen molar-refractivity contribution in [1.29, 1.82) is 0 Å². The van der Waals surface area contributed by atoms with E-state index < -0.39 is 0 Å². The molecule has 5 heteroatoms. The van der Waals surface area contributed by atoms with Gasteiger partial charge in [-0.3, -0.25) is 0 Å². The van der Waals surface area contributed by atoms with Crippen LogP contribution in [0.15, 0.2) is 9.59 Å². The predicted molar refractivity (Wildman–Crippen MR) is 94.8 cm³/mol. The molecule has 2 aliphatic heterocycles. The Morgan fingerprint density at radius 1 is 0.923 bits per heavy atom. The maximum atomic E-state index is 13.6. The molecule has 1 aromatic rings. The Morgan fingerprint density at radius 3 is 2.27 bits per heavy atom. The van der Waals surface area contributed by atoms with E-state index in [4.69, 9.17) is 0 Å². The van der Waals surface area contributed by atoms with E-state index in [2.05, 4.69) is 27.7 Å². The van der Waals surface area contributed by atoms with Crippen LogP contribution in [0.5, 0.6) is 0 Å². The van der Waals surface area contributed by atoms with E-state index in [0.717, 1.165) is 30.6 Å². The molecule has 4 bridgehead atoms. The number of hydrogen-bond acceptors (Lipinski definition) is 2. The lowest BCUT2D eigenvalue weighted by molar-refractivity contribution is -0.496. The fraction of sp³-hybridized carbons (Fsp3) is 0.905. The Balaban J connectivity index is 1.37. The summed E-state index contributed by atoms with van der Waals surface area (Å²) >= 11 is 0. The highest BCUT2D eigenvalue weighted by atomic mass is 16.2. The van der Waals surface area contributed by atoms with Crippen molar-refractivity contribution < 1.29 is 0 Å². The zero-order valence-electron chi connectivity index (χ0n) is 16.0. The van der Waals surface area contributed by atoms with Crippen molar-refractivity contribution in [3.05, 3.63) is 21.0 Å². The van der Waals surface area contributed by atoms with E-state index in [-0.39, 0.29) is 28.3 Å². The lowest BCUT2D eigenvalue weighted by Gasteiger charge is -2.96. The molecule has 0 radical (unpaired) electrons. The molecule has 0 N–H and O–H groups in total. The van der Waals surface area contributed by atoms with E-state index >= 15 is 0 Å². The minimum Gasteiger partial charge on any atom is -0.246 e. The molecule has 9 rings (SSSR count). The topological polar surface area (TPSA) is 48.9 Å². The molecule has 11 atom stereocenters. The summed E-state index contributed by atoms with van der Waals surface area (Å²) in [6.45, 7) is 9.47. The summed E-state index contributed by atoms with van der Waals surface area (Å²) in [5.41, 5.74) is 0.657. The van der Waals surface area contributed by atoms with Crippen LogP contribution in [0, 0.1) is 51.8 Å². The van der Waals surface area contributed by atoms with Gasteiger partial charge < -0.3 is 0 Å². The molecule has 0 amide bonds. The van der Waals surface area contributed by atoms with Crippen molar-refractivity contribution in [3.63, 3.8) is 0 Å². The molecule has 6 saturated carbocycles. The Labute approximate surface area is 152 Å². The van der Waals surface area contributed by atoms with E-state index in [1.54, 1.807) is 4.57 Å². The van der Waals surface area contributed by atoms with E-state index in [0.29, 0.717) is 35.3 Å². The molecule has 0 spiro atoms. The van der Waals surface area contributed by atoms with Gasteiger partial charge in [0.25, 0.3) is 0 Å². The fourth-order valence-electron chi connectivity index (χ4n) is 10.5. The summed E-state index contributed by atoms with van der Waals surface area (Å²) in [5, 5.41) is 0. The molecule has 0 saturated heterocycles. The van der Waals surface area contributed by atoms with Crippen molar-refractivity contribution >= 4 is 0 Å². The molecular formula is C21H27N3O2. The first-order valence-corrected chi connectivity index (χ1v) is 10.7. The number of aromatic nitrogens is 3. The van der Waals surface area contributed by atoms with Crippen LogP contribution < -0.4 is 11.4 Å². The maximum Gasteiger partial charge on any atom is 0.347 e. The SMILES string of the molecule is CC12C3C4C5C3C1n1c(=O)n(C3CC6CCC3(C)C6(C)C)c(=O)n1C5C42. The molecule has 11 unspecified atom stereocenters. The molecule has 5 nitrogen and oxygen atoms in total. The van der Waals surface area contributed by atoms with Gasteiger partial charge in [0.1, 0.15) is 0 Å². The predicted octanol–water partition coefficient (Wildman–Crippen LogP) is 2.44. The summed E-state index contributed by atoms with van der Waals surface area (Å²) in [6.07, 6.45) is 3.41. The summed E-state index contributed by atoms with van der Waals surface area (Å²) in [5.74, 6) is 4.52. The van der Waals surface area contributed by atoms with Crippen LogP contribution >= 0.6 is 0 Å². The number of nitrogens with zero attached hydrogens (tertiary/aromatic N) is 3. The first kappa shape index (κ1) is 13.8. The van der Waals surface area contributed by atoms with Crippen molar-refractivity contribution in [2.24, 2.45) is 51.8 Å². The highest BCUT2D eigenvalue weighted by molar-refractivity contribution is 5.42. The molecule has 26 heavy (non-hydrogen) atoms. The minimum atomic E-state index is 0.0199. The van der Waals surface area contributed by atoms with E-state index in [1.165, 1.54) is 6.42 Å². The van der Waals surface area contributed by atoms with Gasteiger partial charge >= 0.3 is 11.4 Å². The fourth-order valence-corrected chi connectivity index (χ4v) is 10.5. The Hall–Kier alpha value is -1.26.